The van der Waals surface area contributed by atoms with Crippen molar-refractivity contribution in [2.45, 2.75) is 12.5 Å². The minimum Gasteiger partial charge on any atom is -0.755 e. The Balaban J connectivity index is 0. The third-order valence-electron chi connectivity index (χ3n) is 0.806. The number of halogens is 6. The van der Waals surface area contributed by atoms with Crippen molar-refractivity contribution in [3.05, 3.63) is 0 Å². The Kier molecular flexibility index (Phi) is 5.95. The van der Waals surface area contributed by atoms with Gasteiger partial charge in [-0.15, -0.1) is 13.2 Å². The summed E-state index contributed by atoms with van der Waals surface area (Å²) in [4.78, 5) is 9.94. The SMILES string of the molecule is O=C(N(S(=O)[O-])C(F)(F)F)C(F)(F)F.[Li+]. The monoisotopic (exact) mass is 251 g/mol. The molecule has 0 aliphatic rings. The quantitative estimate of drug-likeness (QED) is 0.228. The van der Waals surface area contributed by atoms with Gasteiger partial charge in [-0.25, -0.2) is 0 Å². The Morgan fingerprint density at radius 1 is 1.13 bits per heavy atom. The van der Waals surface area contributed by atoms with E-state index in [1.54, 1.807) is 0 Å². The predicted molar refractivity (Wildman–Crippen MR) is 27.9 cm³/mol. The van der Waals surface area contributed by atoms with Crippen LogP contribution in [0.2, 0.25) is 0 Å². The predicted octanol–water partition coefficient (Wildman–Crippen LogP) is -2.30. The zero-order valence-electron chi connectivity index (χ0n) is 6.85. The normalized spacial score (nSPS) is 14.1. The molecule has 4 nitrogen and oxygen atoms in total. The van der Waals surface area contributed by atoms with Crippen molar-refractivity contribution < 1.29 is 58.8 Å². The van der Waals surface area contributed by atoms with Crippen LogP contribution in [0, 0.1) is 0 Å². The van der Waals surface area contributed by atoms with E-state index >= 15 is 0 Å². The third-order valence-corrected chi connectivity index (χ3v) is 1.48. The molecule has 0 bridgehead atoms. The number of hydrogen-bond donors (Lipinski definition) is 0. The molecule has 0 saturated carbocycles. The summed E-state index contributed by atoms with van der Waals surface area (Å²) in [6, 6.07) is 0. The van der Waals surface area contributed by atoms with Gasteiger partial charge in [0.05, 0.1) is 11.3 Å². The van der Waals surface area contributed by atoms with Crippen molar-refractivity contribution in [3.8, 4) is 0 Å². The largest absolute Gasteiger partial charge is 1.00 e. The number of carbonyl (C=O) groups excluding carboxylic acids is 1. The Labute approximate surface area is 93.2 Å². The van der Waals surface area contributed by atoms with E-state index in [0.717, 1.165) is 0 Å². The van der Waals surface area contributed by atoms with Gasteiger partial charge in [-0.3, -0.25) is 9.00 Å². The van der Waals surface area contributed by atoms with E-state index in [-0.39, 0.29) is 18.9 Å². The molecule has 0 spiro atoms. The van der Waals surface area contributed by atoms with Crippen LogP contribution >= 0.6 is 0 Å². The number of hydrogen-bond acceptors (Lipinski definition) is 3. The second-order valence-electron chi connectivity index (χ2n) is 1.78. The van der Waals surface area contributed by atoms with Gasteiger partial charge in [0.15, 0.2) is 0 Å². The second-order valence-corrected chi connectivity index (χ2v) is 2.58. The molecule has 0 aromatic heterocycles. The van der Waals surface area contributed by atoms with E-state index in [0.29, 0.717) is 0 Å². The molecule has 1 amide bonds. The molecule has 0 aromatic carbocycles. The van der Waals surface area contributed by atoms with Crippen LogP contribution in [0.5, 0.6) is 0 Å². The summed E-state index contributed by atoms with van der Waals surface area (Å²) in [7, 11) is 0. The molecular formula is C3F6LiNO3S. The van der Waals surface area contributed by atoms with E-state index in [9.17, 15) is 39.9 Å². The van der Waals surface area contributed by atoms with Crippen LogP contribution < -0.4 is 18.9 Å². The number of rotatable bonds is 1. The molecule has 0 N–H and O–H groups in total. The minimum absolute atomic E-state index is 0. The molecule has 0 heterocycles. The second kappa shape index (κ2) is 5.20. The van der Waals surface area contributed by atoms with E-state index in [1.165, 1.54) is 0 Å². The molecule has 0 aromatic rings. The summed E-state index contributed by atoms with van der Waals surface area (Å²) in [5.74, 6) is -3.52. The summed E-state index contributed by atoms with van der Waals surface area (Å²) < 4.78 is 86.2. The molecule has 0 rings (SSSR count). The summed E-state index contributed by atoms with van der Waals surface area (Å²) in [6.45, 7) is 0. The molecule has 1 unspecified atom stereocenters. The average molecular weight is 251 g/mol. The van der Waals surface area contributed by atoms with Crippen molar-refractivity contribution in [1.29, 1.82) is 0 Å². The van der Waals surface area contributed by atoms with Gasteiger partial charge in [0, 0.05) is 0 Å². The van der Waals surface area contributed by atoms with E-state index in [4.69, 9.17) is 0 Å². The fraction of sp³-hybridized carbons (Fsp3) is 0.667. The minimum atomic E-state index is -5.93. The smallest absolute Gasteiger partial charge is 0.755 e. The molecule has 1 atom stereocenters. The van der Waals surface area contributed by atoms with Gasteiger partial charge in [0.25, 0.3) is 0 Å². The van der Waals surface area contributed by atoms with Crippen LogP contribution in [0.3, 0.4) is 0 Å². The Bertz CT molecular complexity index is 263. The van der Waals surface area contributed by atoms with Crippen molar-refractivity contribution >= 4 is 17.2 Å². The van der Waals surface area contributed by atoms with Crippen molar-refractivity contribution in [3.63, 3.8) is 0 Å². The Morgan fingerprint density at radius 3 is 1.53 bits per heavy atom. The van der Waals surface area contributed by atoms with Gasteiger partial charge in [-0.2, -0.15) is 17.5 Å². The van der Waals surface area contributed by atoms with Crippen LogP contribution in [0.25, 0.3) is 0 Å². The molecule has 84 valence electrons. The van der Waals surface area contributed by atoms with Gasteiger partial charge in [0.1, 0.15) is 0 Å². The summed E-state index contributed by atoms with van der Waals surface area (Å²) >= 11 is -4.36. The third kappa shape index (κ3) is 4.87. The van der Waals surface area contributed by atoms with Gasteiger partial charge in [0.2, 0.25) is 0 Å². The first-order valence-corrected chi connectivity index (χ1v) is 3.58. The average Bonchev–Trinajstić information content (AvgIpc) is 1.79. The van der Waals surface area contributed by atoms with Gasteiger partial charge in [-0.1, -0.05) is 0 Å². The summed E-state index contributed by atoms with van der Waals surface area (Å²) in [6.07, 6.45) is -11.8. The van der Waals surface area contributed by atoms with E-state index < -0.39 is 34.0 Å². The van der Waals surface area contributed by atoms with Gasteiger partial charge in [-0.05, 0) is 0 Å². The van der Waals surface area contributed by atoms with Gasteiger partial charge < -0.3 is 4.55 Å². The van der Waals surface area contributed by atoms with Gasteiger partial charge >= 0.3 is 37.2 Å². The van der Waals surface area contributed by atoms with Crippen molar-refractivity contribution in [2.24, 2.45) is 0 Å². The van der Waals surface area contributed by atoms with Crippen LogP contribution in [0.1, 0.15) is 0 Å². The molecule has 0 aliphatic carbocycles. The molecule has 0 saturated heterocycles. The van der Waals surface area contributed by atoms with E-state index in [2.05, 4.69) is 0 Å². The zero-order chi connectivity index (χ0) is 11.7. The maximum absolute atomic E-state index is 11.6. The van der Waals surface area contributed by atoms with Crippen molar-refractivity contribution in [1.82, 2.24) is 4.31 Å². The molecule has 0 aliphatic heterocycles. The summed E-state index contributed by atoms with van der Waals surface area (Å²) in [5, 5.41) is 0. The number of amides is 1. The number of carbonyl (C=O) groups is 1. The zero-order valence-corrected chi connectivity index (χ0v) is 7.66. The van der Waals surface area contributed by atoms with Crippen LogP contribution in [-0.2, 0) is 16.1 Å². The fourth-order valence-electron chi connectivity index (χ4n) is 0.382. The van der Waals surface area contributed by atoms with Crippen LogP contribution in [0.4, 0.5) is 26.3 Å². The number of alkyl halides is 6. The molecule has 12 heteroatoms. The van der Waals surface area contributed by atoms with Crippen molar-refractivity contribution in [2.75, 3.05) is 0 Å². The molecule has 0 fully saturated rings. The first-order valence-electron chi connectivity index (χ1n) is 2.55. The first-order chi connectivity index (χ1) is 5.98. The topological polar surface area (TPSA) is 60.4 Å². The number of nitrogens with zero attached hydrogens (tertiary/aromatic N) is 1. The molecular weight excluding hydrogens is 251 g/mol. The fourth-order valence-corrected chi connectivity index (χ4v) is 0.790. The maximum Gasteiger partial charge on any atom is 1.00 e. The standard InChI is InChI=1S/C3HF6NO3S.Li/c4-2(5,6)1(11)10(14(12)13)3(7,8)9;/h(H,12,13);/q;+1/p-1. The maximum atomic E-state index is 11.6. The first kappa shape index (κ1) is 17.2. The van der Waals surface area contributed by atoms with E-state index in [1.807, 2.05) is 0 Å². The molecule has 0 radical (unpaired) electrons. The van der Waals surface area contributed by atoms with Crippen LogP contribution in [-0.4, -0.2) is 31.5 Å². The van der Waals surface area contributed by atoms with Crippen LogP contribution in [0.15, 0.2) is 0 Å². The Hall–Kier alpha value is -0.243. The molecule has 15 heavy (non-hydrogen) atoms. The Morgan fingerprint density at radius 2 is 1.47 bits per heavy atom. The summed E-state index contributed by atoms with van der Waals surface area (Å²) in [5.41, 5.74) is 0.